The Labute approximate surface area is 176 Å². The van der Waals surface area contributed by atoms with Crippen molar-refractivity contribution in [1.29, 1.82) is 0 Å². The molecule has 1 fully saturated rings. The molecule has 1 atom stereocenters. The molecule has 0 aliphatic carbocycles. The number of ketones is 1. The summed E-state index contributed by atoms with van der Waals surface area (Å²) in [7, 11) is 0. The Hall–Kier alpha value is -2.80. The second-order valence-electron chi connectivity index (χ2n) is 7.41. The van der Waals surface area contributed by atoms with Crippen LogP contribution in [0.2, 0.25) is 0 Å². The van der Waals surface area contributed by atoms with Gasteiger partial charge in [0.15, 0.2) is 5.78 Å². The van der Waals surface area contributed by atoms with Crippen molar-refractivity contribution in [1.82, 2.24) is 9.88 Å². The van der Waals surface area contributed by atoms with Crippen molar-refractivity contribution in [3.63, 3.8) is 0 Å². The Balaban J connectivity index is 1.55. The van der Waals surface area contributed by atoms with Crippen LogP contribution >= 0.6 is 0 Å². The molecule has 1 aromatic carbocycles. The molecule has 0 bridgehead atoms. The number of aromatic nitrogens is 1. The molecule has 2 aromatic rings. The summed E-state index contributed by atoms with van der Waals surface area (Å²) in [5, 5.41) is 0. The monoisotopic (exact) mass is 414 g/mol. The highest BCUT2D eigenvalue weighted by atomic mass is 19.1. The van der Waals surface area contributed by atoms with Crippen LogP contribution in [0.3, 0.4) is 0 Å². The van der Waals surface area contributed by atoms with E-state index in [0.717, 1.165) is 24.8 Å². The van der Waals surface area contributed by atoms with Crippen molar-refractivity contribution in [2.75, 3.05) is 26.3 Å². The first kappa shape index (κ1) is 21.9. The minimum Gasteiger partial charge on any atom is -0.491 e. The van der Waals surface area contributed by atoms with Gasteiger partial charge in [-0.25, -0.2) is 4.39 Å². The molecule has 7 heteroatoms. The molecule has 1 unspecified atom stereocenters. The number of amides is 1. The average molecular weight is 414 g/mol. The van der Waals surface area contributed by atoms with E-state index in [2.05, 4.69) is 11.9 Å². The quantitative estimate of drug-likeness (QED) is 0.617. The van der Waals surface area contributed by atoms with Gasteiger partial charge in [-0.15, -0.1) is 0 Å². The number of carbonyl (C=O) groups excluding carboxylic acids is 2. The molecule has 1 aromatic heterocycles. The first-order valence-electron chi connectivity index (χ1n) is 10.3. The Morgan fingerprint density at radius 1 is 1.30 bits per heavy atom. The fourth-order valence-electron chi connectivity index (χ4n) is 3.31. The lowest BCUT2D eigenvalue weighted by atomic mass is 10.1. The zero-order valence-corrected chi connectivity index (χ0v) is 17.4. The molecule has 0 N–H and O–H groups in total. The van der Waals surface area contributed by atoms with E-state index in [0.29, 0.717) is 31.1 Å². The standard InChI is InChI=1S/C23H27FN2O4/c1-3-4-5-17-6-9-22(25-13-17)23(28)26-10-11-29-19(14-26)15-30-18-7-8-20(16(2)27)21(24)12-18/h6-9,12-13,19H,3-5,10-11,14-15H2,1-2H3. The van der Waals surface area contributed by atoms with Gasteiger partial charge in [-0.3, -0.25) is 14.6 Å². The van der Waals surface area contributed by atoms with Crippen molar-refractivity contribution < 1.29 is 23.5 Å². The number of hydrogen-bond acceptors (Lipinski definition) is 5. The van der Waals surface area contributed by atoms with Gasteiger partial charge >= 0.3 is 0 Å². The summed E-state index contributed by atoms with van der Waals surface area (Å²) in [6, 6.07) is 7.87. The molecular weight excluding hydrogens is 387 g/mol. The molecule has 6 nitrogen and oxygen atoms in total. The maximum atomic E-state index is 13.9. The summed E-state index contributed by atoms with van der Waals surface area (Å²) in [6.07, 6.45) is 4.61. The van der Waals surface area contributed by atoms with Crippen LogP contribution in [0.1, 0.15) is 53.1 Å². The highest BCUT2D eigenvalue weighted by molar-refractivity contribution is 5.94. The fraction of sp³-hybridized carbons (Fsp3) is 0.435. The van der Waals surface area contributed by atoms with Crippen LogP contribution in [0.4, 0.5) is 4.39 Å². The number of unbranched alkanes of at least 4 members (excludes halogenated alkanes) is 1. The van der Waals surface area contributed by atoms with E-state index >= 15 is 0 Å². The summed E-state index contributed by atoms with van der Waals surface area (Å²) in [4.78, 5) is 30.1. The molecule has 30 heavy (non-hydrogen) atoms. The Kier molecular flexibility index (Phi) is 7.52. The van der Waals surface area contributed by atoms with Crippen LogP contribution < -0.4 is 4.74 Å². The Morgan fingerprint density at radius 3 is 2.80 bits per heavy atom. The van der Waals surface area contributed by atoms with Gasteiger partial charge in [0.05, 0.1) is 18.7 Å². The largest absolute Gasteiger partial charge is 0.491 e. The van der Waals surface area contributed by atoms with Crippen molar-refractivity contribution in [3.05, 3.63) is 59.2 Å². The van der Waals surface area contributed by atoms with Gasteiger partial charge in [0, 0.05) is 18.8 Å². The van der Waals surface area contributed by atoms with Gasteiger partial charge in [-0.2, -0.15) is 0 Å². The van der Waals surface area contributed by atoms with Crippen molar-refractivity contribution in [3.8, 4) is 5.75 Å². The third kappa shape index (κ3) is 5.63. The number of benzene rings is 1. The summed E-state index contributed by atoms with van der Waals surface area (Å²) in [6.45, 7) is 4.87. The van der Waals surface area contributed by atoms with Crippen LogP contribution in [0.15, 0.2) is 36.5 Å². The molecule has 1 amide bonds. The molecule has 1 aliphatic rings. The molecule has 1 aliphatic heterocycles. The number of carbonyl (C=O) groups is 2. The van der Waals surface area contributed by atoms with Crippen LogP contribution in [0, 0.1) is 5.82 Å². The third-order valence-corrected chi connectivity index (χ3v) is 5.04. The highest BCUT2D eigenvalue weighted by Crippen LogP contribution is 2.18. The maximum absolute atomic E-state index is 13.9. The number of morpholine rings is 1. The lowest BCUT2D eigenvalue weighted by molar-refractivity contribution is -0.0403. The van der Waals surface area contributed by atoms with E-state index in [4.69, 9.17) is 9.47 Å². The number of rotatable bonds is 8. The van der Waals surface area contributed by atoms with E-state index in [1.165, 1.54) is 19.1 Å². The van der Waals surface area contributed by atoms with Gasteiger partial charge in [-0.05, 0) is 43.5 Å². The molecule has 0 saturated carbocycles. The summed E-state index contributed by atoms with van der Waals surface area (Å²) < 4.78 is 25.2. The lowest BCUT2D eigenvalue weighted by Gasteiger charge is -2.32. The molecule has 0 spiro atoms. The SMILES string of the molecule is CCCCc1ccc(C(=O)N2CCOC(COc3ccc(C(C)=O)c(F)c3)C2)nc1. The lowest BCUT2D eigenvalue weighted by Crippen LogP contribution is -2.47. The predicted molar refractivity (Wildman–Crippen MR) is 110 cm³/mol. The van der Waals surface area contributed by atoms with E-state index in [9.17, 15) is 14.0 Å². The number of aryl methyl sites for hydroxylation is 1. The molecule has 2 heterocycles. The van der Waals surface area contributed by atoms with E-state index in [-0.39, 0.29) is 30.0 Å². The van der Waals surface area contributed by atoms with Crippen LogP contribution in [-0.4, -0.2) is 54.0 Å². The first-order valence-corrected chi connectivity index (χ1v) is 10.3. The zero-order valence-electron chi connectivity index (χ0n) is 17.4. The number of Topliss-reactive ketones (excluding diaryl/α,β-unsaturated/α-hetero) is 1. The fourth-order valence-corrected chi connectivity index (χ4v) is 3.31. The average Bonchev–Trinajstić information content (AvgIpc) is 2.76. The Bertz CT molecular complexity index is 885. The highest BCUT2D eigenvalue weighted by Gasteiger charge is 2.26. The topological polar surface area (TPSA) is 68.7 Å². The molecule has 0 radical (unpaired) electrons. The van der Waals surface area contributed by atoms with Gasteiger partial charge < -0.3 is 14.4 Å². The van der Waals surface area contributed by atoms with Crippen molar-refractivity contribution in [2.24, 2.45) is 0 Å². The van der Waals surface area contributed by atoms with Crippen LogP contribution in [-0.2, 0) is 11.2 Å². The maximum Gasteiger partial charge on any atom is 0.272 e. The number of pyridine rings is 1. The van der Waals surface area contributed by atoms with Crippen molar-refractivity contribution >= 4 is 11.7 Å². The van der Waals surface area contributed by atoms with Crippen LogP contribution in [0.25, 0.3) is 0 Å². The Morgan fingerprint density at radius 2 is 2.13 bits per heavy atom. The number of halogens is 1. The summed E-state index contributed by atoms with van der Waals surface area (Å²) in [5.74, 6) is -0.776. The summed E-state index contributed by atoms with van der Waals surface area (Å²) >= 11 is 0. The van der Waals surface area contributed by atoms with E-state index in [1.54, 1.807) is 23.2 Å². The molecule has 1 saturated heterocycles. The molecule has 3 rings (SSSR count). The minimum atomic E-state index is -0.616. The zero-order chi connectivity index (χ0) is 21.5. The summed E-state index contributed by atoms with van der Waals surface area (Å²) in [5.41, 5.74) is 1.57. The number of hydrogen-bond donors (Lipinski definition) is 0. The third-order valence-electron chi connectivity index (χ3n) is 5.04. The van der Waals surface area contributed by atoms with Gasteiger partial charge in [0.1, 0.15) is 30.0 Å². The molecule has 160 valence electrons. The normalized spacial score (nSPS) is 16.4. The predicted octanol–water partition coefficient (Wildman–Crippen LogP) is 3.69. The smallest absolute Gasteiger partial charge is 0.272 e. The van der Waals surface area contributed by atoms with Gasteiger partial charge in [0.25, 0.3) is 5.91 Å². The van der Waals surface area contributed by atoms with Gasteiger partial charge in [-0.1, -0.05) is 19.4 Å². The van der Waals surface area contributed by atoms with Crippen molar-refractivity contribution in [2.45, 2.75) is 39.2 Å². The first-order chi connectivity index (χ1) is 14.5. The second kappa shape index (κ2) is 10.3. The second-order valence-corrected chi connectivity index (χ2v) is 7.41. The van der Waals surface area contributed by atoms with Gasteiger partial charge in [0.2, 0.25) is 0 Å². The van der Waals surface area contributed by atoms with E-state index in [1.807, 2.05) is 6.07 Å². The number of nitrogens with zero attached hydrogens (tertiary/aromatic N) is 2. The molecular formula is C23H27FN2O4. The minimum absolute atomic E-state index is 0.0289. The van der Waals surface area contributed by atoms with Crippen LogP contribution in [0.5, 0.6) is 5.75 Å². The van der Waals surface area contributed by atoms with E-state index < -0.39 is 5.82 Å². The number of ether oxygens (including phenoxy) is 2.